The van der Waals surface area contributed by atoms with E-state index in [0.29, 0.717) is 48.1 Å². The Morgan fingerprint density at radius 3 is 2.38 bits per heavy atom. The van der Waals surface area contributed by atoms with Gasteiger partial charge >= 0.3 is 0 Å². The summed E-state index contributed by atoms with van der Waals surface area (Å²) in [6.45, 7) is 3.75. The van der Waals surface area contributed by atoms with E-state index in [0.717, 1.165) is 24.2 Å². The minimum absolute atomic E-state index is 0.0250. The molecule has 3 aromatic rings. The Morgan fingerprint density at radius 1 is 1.12 bits per heavy atom. The Bertz CT molecular complexity index is 1060. The molecule has 4 rings (SSSR count). The minimum Gasteiger partial charge on any atom is -0.493 e. The fourth-order valence-electron chi connectivity index (χ4n) is 4.25. The van der Waals surface area contributed by atoms with Crippen LogP contribution in [0.25, 0.3) is 0 Å². The number of carbonyl (C=O) groups excluding carboxylic acids is 1. The van der Waals surface area contributed by atoms with E-state index in [4.69, 9.17) is 18.7 Å². The summed E-state index contributed by atoms with van der Waals surface area (Å²) in [6.07, 6.45) is 6.93. The first-order valence-electron chi connectivity index (χ1n) is 10.6. The number of ether oxygens (including phenoxy) is 3. The summed E-state index contributed by atoms with van der Waals surface area (Å²) < 4.78 is 23.4. The molecule has 0 bridgehead atoms. The van der Waals surface area contributed by atoms with Gasteiger partial charge < -0.3 is 28.2 Å². The molecule has 3 heterocycles. The van der Waals surface area contributed by atoms with Crippen LogP contribution in [-0.4, -0.2) is 59.9 Å². The number of carbonyl (C=O) groups is 1. The molecule has 0 unspecified atom stereocenters. The molecule has 1 amide bonds. The van der Waals surface area contributed by atoms with Gasteiger partial charge in [0.2, 0.25) is 5.75 Å². The molecule has 32 heavy (non-hydrogen) atoms. The number of rotatable bonds is 7. The van der Waals surface area contributed by atoms with Gasteiger partial charge in [-0.3, -0.25) is 4.79 Å². The van der Waals surface area contributed by atoms with E-state index in [1.807, 2.05) is 29.4 Å². The average Bonchev–Trinajstić information content (AvgIpc) is 3.46. The zero-order chi connectivity index (χ0) is 22.7. The minimum atomic E-state index is -0.0250. The van der Waals surface area contributed by atoms with Crippen molar-refractivity contribution in [1.82, 2.24) is 19.6 Å². The van der Waals surface area contributed by atoms with Crippen LogP contribution >= 0.6 is 0 Å². The number of hydrogen-bond donors (Lipinski definition) is 0. The molecule has 9 heteroatoms. The molecule has 1 aliphatic heterocycles. The summed E-state index contributed by atoms with van der Waals surface area (Å²) in [6, 6.07) is 3.90. The maximum Gasteiger partial charge on any atom is 0.259 e. The lowest BCUT2D eigenvalue weighted by Gasteiger charge is -2.31. The number of aromatic nitrogens is 3. The van der Waals surface area contributed by atoms with Gasteiger partial charge in [0.05, 0.1) is 27.0 Å². The second-order valence-corrected chi connectivity index (χ2v) is 7.83. The smallest absolute Gasteiger partial charge is 0.259 e. The van der Waals surface area contributed by atoms with E-state index in [1.165, 1.54) is 6.26 Å². The largest absolute Gasteiger partial charge is 0.493 e. The Kier molecular flexibility index (Phi) is 6.34. The van der Waals surface area contributed by atoms with Gasteiger partial charge in [0.15, 0.2) is 11.5 Å². The number of likely N-dealkylation sites (tertiary alicyclic amines) is 1. The fourth-order valence-corrected chi connectivity index (χ4v) is 4.25. The quantitative estimate of drug-likeness (QED) is 0.557. The van der Waals surface area contributed by atoms with Crippen molar-refractivity contribution in [3.63, 3.8) is 0 Å². The molecular weight excluding hydrogens is 412 g/mol. The number of aryl methyl sites for hydroxylation is 1. The number of imidazole rings is 1. The van der Waals surface area contributed by atoms with Crippen molar-refractivity contribution in [3.05, 3.63) is 53.4 Å². The first kappa shape index (κ1) is 21.7. The molecule has 2 aromatic heterocycles. The van der Waals surface area contributed by atoms with Gasteiger partial charge in [-0.05, 0) is 37.5 Å². The molecule has 0 N–H and O–H groups in total. The fraction of sp³-hybridized carbons (Fsp3) is 0.435. The zero-order valence-electron chi connectivity index (χ0n) is 18.8. The molecule has 1 fully saturated rings. The van der Waals surface area contributed by atoms with Gasteiger partial charge in [0, 0.05) is 37.9 Å². The van der Waals surface area contributed by atoms with Gasteiger partial charge in [-0.25, -0.2) is 4.98 Å². The summed E-state index contributed by atoms with van der Waals surface area (Å²) in [5.74, 6) is 3.10. The average molecular weight is 441 g/mol. The molecule has 0 atom stereocenters. The van der Waals surface area contributed by atoms with Crippen LogP contribution in [-0.2, 0) is 6.54 Å². The number of benzene rings is 1. The maximum atomic E-state index is 12.7. The molecule has 1 saturated heterocycles. The van der Waals surface area contributed by atoms with Crippen molar-refractivity contribution >= 4 is 5.91 Å². The third-order valence-corrected chi connectivity index (χ3v) is 5.95. The number of nitrogens with zero attached hydrogens (tertiary/aromatic N) is 4. The second-order valence-electron chi connectivity index (χ2n) is 7.83. The highest BCUT2D eigenvalue weighted by Gasteiger charge is 2.28. The Labute approximate surface area is 186 Å². The predicted octanol–water partition coefficient (Wildman–Crippen LogP) is 3.27. The van der Waals surface area contributed by atoms with Gasteiger partial charge in [-0.15, -0.1) is 0 Å². The maximum absolute atomic E-state index is 12.7. The standard InChI is InChI=1S/C23H28N4O5/c1-15-18(14-32-25-15)23(28)26-8-5-17(6-9-26)22-24-7-10-27(22)13-16-11-19(29-2)21(31-4)20(12-16)30-3/h7,10-12,14,17H,5-6,8-9,13H2,1-4H3. The van der Waals surface area contributed by atoms with Crippen LogP contribution in [0.3, 0.4) is 0 Å². The number of methoxy groups -OCH3 is 3. The predicted molar refractivity (Wildman–Crippen MR) is 117 cm³/mol. The summed E-state index contributed by atoms with van der Waals surface area (Å²) in [5, 5.41) is 3.81. The van der Waals surface area contributed by atoms with Crippen molar-refractivity contribution in [1.29, 1.82) is 0 Å². The topological polar surface area (TPSA) is 91.9 Å². The van der Waals surface area contributed by atoms with Crippen molar-refractivity contribution in [2.24, 2.45) is 0 Å². The Morgan fingerprint density at radius 2 is 1.81 bits per heavy atom. The highest BCUT2D eigenvalue weighted by atomic mass is 16.5. The first-order valence-corrected chi connectivity index (χ1v) is 10.6. The van der Waals surface area contributed by atoms with Crippen LogP contribution in [0.1, 0.15) is 46.2 Å². The van der Waals surface area contributed by atoms with E-state index < -0.39 is 0 Å². The molecule has 1 aliphatic rings. The summed E-state index contributed by atoms with van der Waals surface area (Å²) in [7, 11) is 4.81. The van der Waals surface area contributed by atoms with Crippen LogP contribution in [0.5, 0.6) is 17.2 Å². The molecule has 1 aromatic carbocycles. The van der Waals surface area contributed by atoms with Crippen molar-refractivity contribution < 1.29 is 23.5 Å². The van der Waals surface area contributed by atoms with E-state index in [2.05, 4.69) is 14.7 Å². The molecular formula is C23H28N4O5. The van der Waals surface area contributed by atoms with Crippen LogP contribution in [0.4, 0.5) is 0 Å². The summed E-state index contributed by atoms with van der Waals surface area (Å²) in [5.41, 5.74) is 2.18. The van der Waals surface area contributed by atoms with Crippen LogP contribution in [0, 0.1) is 6.92 Å². The lowest BCUT2D eigenvalue weighted by Crippen LogP contribution is -2.38. The third-order valence-electron chi connectivity index (χ3n) is 5.95. The van der Waals surface area contributed by atoms with Gasteiger partial charge in [-0.2, -0.15) is 0 Å². The van der Waals surface area contributed by atoms with Crippen molar-refractivity contribution in [2.75, 3.05) is 34.4 Å². The Balaban J connectivity index is 1.47. The van der Waals surface area contributed by atoms with Crippen molar-refractivity contribution in [2.45, 2.75) is 32.2 Å². The van der Waals surface area contributed by atoms with Crippen LogP contribution < -0.4 is 14.2 Å². The molecule has 170 valence electrons. The van der Waals surface area contributed by atoms with Crippen LogP contribution in [0.2, 0.25) is 0 Å². The van der Waals surface area contributed by atoms with E-state index in [-0.39, 0.29) is 11.8 Å². The Hall–Kier alpha value is -3.49. The van der Waals surface area contributed by atoms with Gasteiger partial charge in [0.1, 0.15) is 17.7 Å². The van der Waals surface area contributed by atoms with Crippen molar-refractivity contribution in [3.8, 4) is 17.2 Å². The van der Waals surface area contributed by atoms with E-state index >= 15 is 0 Å². The molecule has 0 aliphatic carbocycles. The summed E-state index contributed by atoms with van der Waals surface area (Å²) >= 11 is 0. The monoisotopic (exact) mass is 440 g/mol. The third kappa shape index (κ3) is 4.15. The summed E-state index contributed by atoms with van der Waals surface area (Å²) in [4.78, 5) is 19.2. The van der Waals surface area contributed by atoms with E-state index in [1.54, 1.807) is 28.3 Å². The number of piperidine rings is 1. The highest BCUT2D eigenvalue weighted by molar-refractivity contribution is 5.94. The van der Waals surface area contributed by atoms with Crippen LogP contribution in [0.15, 0.2) is 35.3 Å². The second kappa shape index (κ2) is 9.33. The normalized spacial score (nSPS) is 14.4. The lowest BCUT2D eigenvalue weighted by molar-refractivity contribution is 0.0709. The number of amides is 1. The zero-order valence-corrected chi connectivity index (χ0v) is 18.8. The highest BCUT2D eigenvalue weighted by Crippen LogP contribution is 2.38. The molecule has 0 radical (unpaired) electrons. The molecule has 9 nitrogen and oxygen atoms in total. The SMILES string of the molecule is COc1cc(Cn2ccnc2C2CCN(C(=O)c3conc3C)CC2)cc(OC)c1OC. The first-order chi connectivity index (χ1) is 15.5. The van der Waals surface area contributed by atoms with Gasteiger partial charge in [-0.1, -0.05) is 5.16 Å². The number of hydrogen-bond acceptors (Lipinski definition) is 7. The molecule has 0 saturated carbocycles. The van der Waals surface area contributed by atoms with Gasteiger partial charge in [0.25, 0.3) is 5.91 Å². The van der Waals surface area contributed by atoms with E-state index in [9.17, 15) is 4.79 Å². The lowest BCUT2D eigenvalue weighted by atomic mass is 9.95. The molecule has 0 spiro atoms.